The third kappa shape index (κ3) is 0.589. The molecular formula is C10H6S. The molecule has 0 aliphatic rings. The van der Waals surface area contributed by atoms with Gasteiger partial charge in [-0.15, -0.1) is 11.3 Å². The maximum absolute atomic E-state index is 2.20. The number of rotatable bonds is 0. The van der Waals surface area contributed by atoms with Crippen molar-refractivity contribution in [2.45, 2.75) is 0 Å². The lowest BCUT2D eigenvalue weighted by Crippen LogP contribution is -1.72. The number of hydrogen-bond donors (Lipinski definition) is 0. The van der Waals surface area contributed by atoms with E-state index in [9.17, 15) is 0 Å². The minimum atomic E-state index is 1.36. The van der Waals surface area contributed by atoms with Crippen LogP contribution in [0.2, 0.25) is 0 Å². The monoisotopic (exact) mass is 158 g/mol. The Balaban J connectivity index is 2.83. The molecule has 2 bridgehead atoms. The summed E-state index contributed by atoms with van der Waals surface area (Å²) in [6.07, 6.45) is 0. The van der Waals surface area contributed by atoms with Crippen LogP contribution in [0.4, 0.5) is 0 Å². The molecule has 0 radical (unpaired) electrons. The summed E-state index contributed by atoms with van der Waals surface area (Å²) < 4.78 is 1.44. The molecule has 52 valence electrons. The summed E-state index contributed by atoms with van der Waals surface area (Å²) in [4.78, 5) is 0. The molecule has 3 aromatic carbocycles. The van der Waals surface area contributed by atoms with Gasteiger partial charge in [-0.3, -0.25) is 0 Å². The smallest absolute Gasteiger partial charge is 0.0421 e. The van der Waals surface area contributed by atoms with Crippen LogP contribution in [0.5, 0.6) is 0 Å². The van der Waals surface area contributed by atoms with Crippen LogP contribution in [-0.2, 0) is 0 Å². The Bertz CT molecular complexity index is 428. The molecule has 0 amide bonds. The van der Waals surface area contributed by atoms with Crippen molar-refractivity contribution in [3.8, 4) is 0 Å². The fraction of sp³-hybridized carbons (Fsp3) is 0. The molecule has 0 aliphatic heterocycles. The first kappa shape index (κ1) is 5.56. The van der Waals surface area contributed by atoms with E-state index in [1.54, 1.807) is 0 Å². The quantitative estimate of drug-likeness (QED) is 0.469. The molecule has 4 aromatic rings. The Labute approximate surface area is 68.4 Å². The van der Waals surface area contributed by atoms with E-state index in [-0.39, 0.29) is 0 Å². The number of thiophene rings is 1. The van der Waals surface area contributed by atoms with Crippen LogP contribution in [0.25, 0.3) is 20.9 Å². The second kappa shape index (κ2) is 1.74. The fourth-order valence-corrected chi connectivity index (χ4v) is 2.49. The highest BCUT2D eigenvalue weighted by molar-refractivity contribution is 7.18. The minimum Gasteiger partial charge on any atom is -0.143 e. The first-order valence-corrected chi connectivity index (χ1v) is 4.51. The molecule has 0 saturated carbocycles. The normalized spacial score (nSPS) is 11.6. The van der Waals surface area contributed by atoms with Crippen molar-refractivity contribution in [3.05, 3.63) is 35.7 Å². The molecule has 0 aliphatic carbocycles. The molecular weight excluding hydrogens is 152 g/mol. The zero-order valence-electron chi connectivity index (χ0n) is 5.87. The Morgan fingerprint density at radius 1 is 0.818 bits per heavy atom. The lowest BCUT2D eigenvalue weighted by atomic mass is 10.1. The van der Waals surface area contributed by atoms with E-state index in [1.165, 1.54) is 20.9 Å². The van der Waals surface area contributed by atoms with Gasteiger partial charge < -0.3 is 0 Å². The molecule has 0 fully saturated rings. The summed E-state index contributed by atoms with van der Waals surface area (Å²) in [5, 5.41) is 6.29. The second-order valence-corrected chi connectivity index (χ2v) is 3.66. The van der Waals surface area contributed by atoms with Gasteiger partial charge >= 0.3 is 0 Å². The largest absolute Gasteiger partial charge is 0.143 e. The highest BCUT2D eigenvalue weighted by Crippen LogP contribution is 2.31. The third-order valence-electron chi connectivity index (χ3n) is 2.12. The van der Waals surface area contributed by atoms with Crippen LogP contribution in [0.15, 0.2) is 35.7 Å². The van der Waals surface area contributed by atoms with Gasteiger partial charge in [-0.05, 0) is 22.2 Å². The predicted octanol–water partition coefficient (Wildman–Crippen LogP) is 3.49. The maximum atomic E-state index is 2.20. The first-order valence-electron chi connectivity index (χ1n) is 3.63. The molecule has 0 spiro atoms. The lowest BCUT2D eigenvalue weighted by Gasteiger charge is -1.99. The van der Waals surface area contributed by atoms with E-state index in [0.29, 0.717) is 0 Å². The van der Waals surface area contributed by atoms with Gasteiger partial charge in [-0.1, -0.05) is 24.3 Å². The highest BCUT2D eigenvalue weighted by Gasteiger charge is 2.01. The van der Waals surface area contributed by atoms with E-state index < -0.39 is 0 Å². The van der Waals surface area contributed by atoms with Gasteiger partial charge in [0.05, 0.1) is 0 Å². The first-order chi connectivity index (χ1) is 5.45. The van der Waals surface area contributed by atoms with Gasteiger partial charge in [0, 0.05) is 10.1 Å². The molecule has 1 aromatic heterocycles. The van der Waals surface area contributed by atoms with Gasteiger partial charge in [0.25, 0.3) is 0 Å². The Hall–Kier alpha value is -1.08. The van der Waals surface area contributed by atoms with Crippen molar-refractivity contribution >= 4 is 32.2 Å². The van der Waals surface area contributed by atoms with Crippen LogP contribution in [-0.4, -0.2) is 0 Å². The van der Waals surface area contributed by atoms with Crippen molar-refractivity contribution in [3.63, 3.8) is 0 Å². The zero-order valence-corrected chi connectivity index (χ0v) is 6.69. The van der Waals surface area contributed by atoms with Crippen molar-refractivity contribution in [2.75, 3.05) is 0 Å². The summed E-state index contributed by atoms with van der Waals surface area (Å²) in [5.74, 6) is 0. The van der Waals surface area contributed by atoms with Crippen molar-refractivity contribution < 1.29 is 0 Å². The van der Waals surface area contributed by atoms with Crippen molar-refractivity contribution in [1.82, 2.24) is 0 Å². The van der Waals surface area contributed by atoms with Crippen molar-refractivity contribution in [1.29, 1.82) is 0 Å². The summed E-state index contributed by atoms with van der Waals surface area (Å²) >= 11 is 1.83. The number of benzene rings is 3. The van der Waals surface area contributed by atoms with Crippen molar-refractivity contribution in [2.24, 2.45) is 0 Å². The van der Waals surface area contributed by atoms with Crippen LogP contribution in [0, 0.1) is 0 Å². The maximum Gasteiger partial charge on any atom is 0.0421 e. The fourth-order valence-electron chi connectivity index (χ4n) is 1.56. The van der Waals surface area contributed by atoms with Gasteiger partial charge in [0.1, 0.15) is 0 Å². The van der Waals surface area contributed by atoms with Crippen LogP contribution >= 0.6 is 11.3 Å². The average molecular weight is 158 g/mol. The lowest BCUT2D eigenvalue weighted by molar-refractivity contribution is 1.86. The summed E-state index contributed by atoms with van der Waals surface area (Å²) in [6, 6.07) is 10.9. The van der Waals surface area contributed by atoms with E-state index >= 15 is 0 Å². The average Bonchev–Trinajstić information content (AvgIpc) is 2.55. The number of hydrogen-bond acceptors (Lipinski definition) is 1. The summed E-state index contributed by atoms with van der Waals surface area (Å²) in [6.45, 7) is 0. The van der Waals surface area contributed by atoms with E-state index in [1.807, 2.05) is 11.3 Å². The molecule has 0 atom stereocenters. The van der Waals surface area contributed by atoms with Gasteiger partial charge in [-0.2, -0.15) is 0 Å². The molecule has 0 nitrogen and oxygen atoms in total. The second-order valence-electron chi connectivity index (χ2n) is 2.74. The molecule has 1 heteroatoms. The van der Waals surface area contributed by atoms with Crippen LogP contribution in [0.1, 0.15) is 0 Å². The minimum absolute atomic E-state index is 1.36. The molecule has 11 heavy (non-hydrogen) atoms. The molecule has 0 N–H and O–H groups in total. The van der Waals surface area contributed by atoms with Crippen LogP contribution in [0.3, 0.4) is 0 Å². The Morgan fingerprint density at radius 2 is 1.55 bits per heavy atom. The van der Waals surface area contributed by atoms with Gasteiger partial charge in [-0.25, -0.2) is 0 Å². The van der Waals surface area contributed by atoms with Gasteiger partial charge in [0.2, 0.25) is 0 Å². The molecule has 4 rings (SSSR count). The topological polar surface area (TPSA) is 0 Å². The Kier molecular flexibility index (Phi) is 0.880. The highest BCUT2D eigenvalue weighted by atomic mass is 32.1. The SMILES string of the molecule is c1cc2c3ccc(cc3)c2s1. The van der Waals surface area contributed by atoms with E-state index in [0.717, 1.165) is 0 Å². The van der Waals surface area contributed by atoms with Gasteiger partial charge in [0.15, 0.2) is 0 Å². The predicted molar refractivity (Wildman–Crippen MR) is 50.5 cm³/mol. The summed E-state index contributed by atoms with van der Waals surface area (Å²) in [5.41, 5.74) is 0. The van der Waals surface area contributed by atoms with Crippen LogP contribution < -0.4 is 0 Å². The zero-order chi connectivity index (χ0) is 7.26. The standard InChI is InChI=1S/C10H6S/c1-3-8-4-2-7(1)9-5-6-11-10(8)9/h1-6H. The third-order valence-corrected chi connectivity index (χ3v) is 3.09. The molecule has 1 heterocycles. The van der Waals surface area contributed by atoms with E-state index in [4.69, 9.17) is 0 Å². The number of fused-ring (bicyclic) bond motifs is 2. The summed E-state index contributed by atoms with van der Waals surface area (Å²) in [7, 11) is 0. The van der Waals surface area contributed by atoms with E-state index in [2.05, 4.69) is 35.7 Å². The Morgan fingerprint density at radius 3 is 2.27 bits per heavy atom. The molecule has 0 unspecified atom stereocenters. The molecule has 0 saturated heterocycles.